The van der Waals surface area contributed by atoms with Crippen LogP contribution < -0.4 is 15.4 Å². The van der Waals surface area contributed by atoms with E-state index in [0.717, 1.165) is 37.1 Å². The second-order valence-corrected chi connectivity index (χ2v) is 11.3. The number of nitrogens with zero attached hydrogens (tertiary/aromatic N) is 5. The van der Waals surface area contributed by atoms with Gasteiger partial charge < -0.3 is 15.5 Å². The van der Waals surface area contributed by atoms with Gasteiger partial charge in [-0.1, -0.05) is 11.6 Å². The molecule has 188 valence electrons. The third kappa shape index (κ3) is 5.36. The van der Waals surface area contributed by atoms with Crippen molar-refractivity contribution >= 4 is 44.7 Å². The third-order valence-electron chi connectivity index (χ3n) is 6.38. The third-order valence-corrected chi connectivity index (χ3v) is 7.21. The number of halogens is 1. The smallest absolute Gasteiger partial charge is 0.256 e. The lowest BCUT2D eigenvalue weighted by atomic mass is 10.1. The number of nitrogens with two attached hydrogens (primary N) is 1. The Balaban J connectivity index is 1.61. The van der Waals surface area contributed by atoms with E-state index in [1.54, 1.807) is 11.6 Å². The Morgan fingerprint density at radius 3 is 2.77 bits per heavy atom. The van der Waals surface area contributed by atoms with E-state index in [4.69, 9.17) is 22.3 Å². The molecule has 1 fully saturated rings. The van der Waals surface area contributed by atoms with Crippen LogP contribution in [0.5, 0.6) is 0 Å². The molecule has 12 heteroatoms. The van der Waals surface area contributed by atoms with Crippen LogP contribution in [0.15, 0.2) is 30.5 Å². The summed E-state index contributed by atoms with van der Waals surface area (Å²) < 4.78 is 27.6. The average molecular weight is 520 g/mol. The zero-order chi connectivity index (χ0) is 25.5. The van der Waals surface area contributed by atoms with Gasteiger partial charge in [-0.05, 0) is 50.9 Å². The number of aromatic nitrogens is 3. The fraction of sp³-hybridized carbons (Fsp3) is 0.435. The molecule has 1 saturated heterocycles. The van der Waals surface area contributed by atoms with Crippen molar-refractivity contribution in [2.24, 2.45) is 11.7 Å². The Morgan fingerprint density at radius 2 is 2.11 bits per heavy atom. The number of carbonyl (C=O) groups is 1. The Labute approximate surface area is 210 Å². The molecule has 3 heterocycles. The molecular weight excluding hydrogens is 490 g/mol. The molecule has 2 atom stereocenters. The molecule has 0 saturated carbocycles. The number of hydrogen-bond donors (Lipinski definition) is 2. The lowest BCUT2D eigenvalue weighted by molar-refractivity contribution is 0.0740. The number of hydrogen-bond acceptors (Lipinski definition) is 7. The summed E-state index contributed by atoms with van der Waals surface area (Å²) in [7, 11) is -1.94. The van der Waals surface area contributed by atoms with Crippen molar-refractivity contribution < 1.29 is 13.2 Å². The van der Waals surface area contributed by atoms with Gasteiger partial charge in [0.25, 0.3) is 5.91 Å². The van der Waals surface area contributed by atoms with E-state index < -0.39 is 22.0 Å². The Kier molecular flexibility index (Phi) is 6.94. The summed E-state index contributed by atoms with van der Waals surface area (Å²) in [5, 5.41) is 4.98. The van der Waals surface area contributed by atoms with Gasteiger partial charge in [-0.3, -0.25) is 9.52 Å². The second kappa shape index (κ2) is 9.63. The molecule has 4 rings (SSSR count). The lowest BCUT2D eigenvalue weighted by Gasteiger charge is -2.24. The van der Waals surface area contributed by atoms with Gasteiger partial charge in [-0.25, -0.2) is 17.9 Å². The van der Waals surface area contributed by atoms with Crippen molar-refractivity contribution in [3.8, 4) is 0 Å². The first kappa shape index (κ1) is 25.2. The highest BCUT2D eigenvalue weighted by Gasteiger charge is 2.26. The van der Waals surface area contributed by atoms with Gasteiger partial charge in [0.1, 0.15) is 5.82 Å². The van der Waals surface area contributed by atoms with Gasteiger partial charge in [-0.2, -0.15) is 5.10 Å². The quantitative estimate of drug-likeness (QED) is 0.491. The fourth-order valence-corrected chi connectivity index (χ4v) is 5.06. The number of anilines is 2. The molecule has 0 radical (unpaired) electrons. The molecule has 1 aromatic carbocycles. The van der Waals surface area contributed by atoms with E-state index in [1.807, 2.05) is 26.1 Å². The lowest BCUT2D eigenvalue weighted by Crippen LogP contribution is -2.31. The standard InChI is InChI=1S/C23H30ClN7O3S/c1-14-12-31-21(26-22(14)30-8-7-16(11-25)13-30)10-20(27-31)15(2)29(3)23(32)18-9-17(24)5-6-19(18)28-35(4,33)34/h5-6,9-10,12,15-16,28H,7-8,11,13,25H2,1-4H3/t15-,16+/m0/s1. The maximum absolute atomic E-state index is 13.3. The monoisotopic (exact) mass is 519 g/mol. The van der Waals surface area contributed by atoms with Crippen LogP contribution >= 0.6 is 11.6 Å². The highest BCUT2D eigenvalue weighted by atomic mass is 35.5. The van der Waals surface area contributed by atoms with Crippen molar-refractivity contribution in [2.45, 2.75) is 26.3 Å². The van der Waals surface area contributed by atoms with Crippen molar-refractivity contribution in [3.05, 3.63) is 52.3 Å². The Hall–Kier alpha value is -2.89. The van der Waals surface area contributed by atoms with E-state index in [9.17, 15) is 13.2 Å². The van der Waals surface area contributed by atoms with Gasteiger partial charge in [0.15, 0.2) is 5.65 Å². The molecule has 3 aromatic rings. The molecule has 0 spiro atoms. The summed E-state index contributed by atoms with van der Waals surface area (Å²) in [6.45, 7) is 6.34. The molecule has 0 bridgehead atoms. The molecular formula is C23H30ClN7O3S. The van der Waals surface area contributed by atoms with E-state index >= 15 is 0 Å². The number of nitrogens with one attached hydrogen (secondary N) is 1. The summed E-state index contributed by atoms with van der Waals surface area (Å²) in [4.78, 5) is 21.9. The second-order valence-electron chi connectivity index (χ2n) is 9.11. The fourth-order valence-electron chi connectivity index (χ4n) is 4.31. The zero-order valence-corrected chi connectivity index (χ0v) is 21.8. The SMILES string of the molecule is Cc1cn2nc([C@H](C)N(C)C(=O)c3cc(Cl)ccc3NS(C)(=O)=O)cc2nc1N1CC[C@H](CN)C1. The summed E-state index contributed by atoms with van der Waals surface area (Å²) in [5.74, 6) is 1.01. The molecule has 1 aliphatic rings. The van der Waals surface area contributed by atoms with Crippen LogP contribution in [-0.4, -0.2) is 66.8 Å². The number of aryl methyl sites for hydroxylation is 1. The summed E-state index contributed by atoms with van der Waals surface area (Å²) in [6, 6.07) is 5.90. The largest absolute Gasteiger partial charge is 0.356 e. The normalized spacial score (nSPS) is 17.1. The number of sulfonamides is 1. The van der Waals surface area contributed by atoms with Gasteiger partial charge in [0.2, 0.25) is 10.0 Å². The van der Waals surface area contributed by atoms with Crippen molar-refractivity contribution in [1.82, 2.24) is 19.5 Å². The molecule has 3 N–H and O–H groups in total. The van der Waals surface area contributed by atoms with Crippen molar-refractivity contribution in [1.29, 1.82) is 0 Å². The van der Waals surface area contributed by atoms with E-state index in [1.165, 1.54) is 23.1 Å². The topological polar surface area (TPSA) is 126 Å². The minimum Gasteiger partial charge on any atom is -0.356 e. The first-order valence-electron chi connectivity index (χ1n) is 11.3. The zero-order valence-electron chi connectivity index (χ0n) is 20.2. The van der Waals surface area contributed by atoms with E-state index in [2.05, 4.69) is 14.7 Å². The number of rotatable bonds is 7. The molecule has 10 nitrogen and oxygen atoms in total. The van der Waals surface area contributed by atoms with E-state index in [-0.39, 0.29) is 11.3 Å². The molecule has 0 unspecified atom stereocenters. The van der Waals surface area contributed by atoms with Crippen LogP contribution in [0.3, 0.4) is 0 Å². The van der Waals surface area contributed by atoms with Gasteiger partial charge >= 0.3 is 0 Å². The van der Waals surface area contributed by atoms with Crippen molar-refractivity contribution in [3.63, 3.8) is 0 Å². The first-order chi connectivity index (χ1) is 16.5. The van der Waals surface area contributed by atoms with Crippen LogP contribution in [0, 0.1) is 12.8 Å². The minimum atomic E-state index is -3.58. The summed E-state index contributed by atoms with van der Waals surface area (Å²) >= 11 is 6.11. The number of fused-ring (bicyclic) bond motifs is 1. The van der Waals surface area contributed by atoms with Crippen LogP contribution in [0.1, 0.15) is 41.0 Å². The van der Waals surface area contributed by atoms with Crippen LogP contribution in [0.25, 0.3) is 5.65 Å². The number of amides is 1. The Bertz CT molecular complexity index is 1370. The summed E-state index contributed by atoms with van der Waals surface area (Å²) in [5.41, 5.74) is 8.52. The first-order valence-corrected chi connectivity index (χ1v) is 13.6. The van der Waals surface area contributed by atoms with Gasteiger partial charge in [0.05, 0.1) is 29.2 Å². The molecule has 2 aromatic heterocycles. The highest BCUT2D eigenvalue weighted by Crippen LogP contribution is 2.29. The van der Waals surface area contributed by atoms with Crippen LogP contribution in [0.4, 0.5) is 11.5 Å². The molecule has 35 heavy (non-hydrogen) atoms. The Morgan fingerprint density at radius 1 is 1.37 bits per heavy atom. The van der Waals surface area contributed by atoms with Crippen LogP contribution in [-0.2, 0) is 10.0 Å². The number of benzene rings is 1. The highest BCUT2D eigenvalue weighted by molar-refractivity contribution is 7.92. The minimum absolute atomic E-state index is 0.154. The predicted octanol–water partition coefficient (Wildman–Crippen LogP) is 2.68. The van der Waals surface area contributed by atoms with Crippen LogP contribution in [0.2, 0.25) is 5.02 Å². The number of carbonyl (C=O) groups excluding carboxylic acids is 1. The maximum Gasteiger partial charge on any atom is 0.256 e. The van der Waals surface area contributed by atoms with E-state index in [0.29, 0.717) is 28.8 Å². The predicted molar refractivity (Wildman–Crippen MR) is 138 cm³/mol. The van der Waals surface area contributed by atoms with Gasteiger partial charge in [-0.15, -0.1) is 0 Å². The van der Waals surface area contributed by atoms with Gasteiger partial charge in [0, 0.05) is 43.0 Å². The van der Waals surface area contributed by atoms with Crippen molar-refractivity contribution in [2.75, 3.05) is 42.6 Å². The molecule has 1 amide bonds. The maximum atomic E-state index is 13.3. The molecule has 0 aliphatic carbocycles. The summed E-state index contributed by atoms with van der Waals surface area (Å²) in [6.07, 6.45) is 4.02. The average Bonchev–Trinajstić information content (AvgIpc) is 3.44. The molecule has 1 aliphatic heterocycles.